The van der Waals surface area contributed by atoms with Crippen molar-refractivity contribution in [2.45, 2.75) is 18.0 Å². The number of amides is 2. The maximum Gasteiger partial charge on any atom is 0.358 e. The van der Waals surface area contributed by atoms with Crippen molar-refractivity contribution in [3.63, 3.8) is 0 Å². The summed E-state index contributed by atoms with van der Waals surface area (Å²) in [6, 6.07) is 39.1. The van der Waals surface area contributed by atoms with Crippen molar-refractivity contribution in [3.8, 4) is 0 Å². The van der Waals surface area contributed by atoms with Gasteiger partial charge in [-0.1, -0.05) is 103 Å². The molecule has 0 bridgehead atoms. The van der Waals surface area contributed by atoms with Crippen molar-refractivity contribution in [1.29, 1.82) is 0 Å². The van der Waals surface area contributed by atoms with E-state index in [-0.39, 0.29) is 17.8 Å². The lowest BCUT2D eigenvalue weighted by atomic mass is 9.76. The van der Waals surface area contributed by atoms with Gasteiger partial charge in [-0.25, -0.2) is 14.6 Å². The average molecular weight is 666 g/mol. The van der Waals surface area contributed by atoms with Crippen molar-refractivity contribution in [2.24, 2.45) is 0 Å². The lowest BCUT2D eigenvalue weighted by Crippen LogP contribution is -2.53. The van der Waals surface area contributed by atoms with Crippen LogP contribution in [-0.4, -0.2) is 48.2 Å². The Kier molecular flexibility index (Phi) is 10.2. The second kappa shape index (κ2) is 15.2. The van der Waals surface area contributed by atoms with Crippen LogP contribution in [0.2, 0.25) is 0 Å². The van der Waals surface area contributed by atoms with E-state index in [1.54, 1.807) is 30.5 Å². The fourth-order valence-electron chi connectivity index (χ4n) is 6.18. The van der Waals surface area contributed by atoms with E-state index in [4.69, 9.17) is 9.47 Å². The average Bonchev–Trinajstić information content (AvgIpc) is 3.18. The second-order valence-electron chi connectivity index (χ2n) is 11.4. The molecule has 0 saturated heterocycles. The molecule has 50 heavy (non-hydrogen) atoms. The van der Waals surface area contributed by atoms with Crippen LogP contribution in [0.25, 0.3) is 10.9 Å². The summed E-state index contributed by atoms with van der Waals surface area (Å²) in [5.41, 5.74) is 3.85. The number of ether oxygens (including phenoxy) is 2. The molecule has 0 fully saturated rings. The molecule has 250 valence electrons. The number of hydrogen-bond donors (Lipinski definition) is 3. The number of aromatic nitrogens is 2. The van der Waals surface area contributed by atoms with Gasteiger partial charge >= 0.3 is 18.0 Å². The molecule has 0 aliphatic heterocycles. The van der Waals surface area contributed by atoms with Gasteiger partial charge in [-0.3, -0.25) is 15.1 Å². The number of fused-ring (bicyclic) bond motifs is 1. The second-order valence-corrected chi connectivity index (χ2v) is 11.4. The van der Waals surface area contributed by atoms with Crippen LogP contribution >= 0.6 is 0 Å². The molecule has 2 aromatic heterocycles. The fourth-order valence-corrected chi connectivity index (χ4v) is 6.18. The zero-order chi connectivity index (χ0) is 34.9. The van der Waals surface area contributed by atoms with Gasteiger partial charge in [0.05, 0.1) is 36.6 Å². The molecule has 2 amide bonds. The molecule has 6 rings (SSSR count). The van der Waals surface area contributed by atoms with Crippen LogP contribution in [0, 0.1) is 0 Å². The highest BCUT2D eigenvalue weighted by molar-refractivity contribution is 6.07. The molecule has 4 aromatic carbocycles. The molecule has 0 spiro atoms. The van der Waals surface area contributed by atoms with E-state index in [0.29, 0.717) is 11.2 Å². The first-order valence-electron chi connectivity index (χ1n) is 15.9. The van der Waals surface area contributed by atoms with Crippen molar-refractivity contribution in [2.75, 3.05) is 24.9 Å². The summed E-state index contributed by atoms with van der Waals surface area (Å²) in [7, 11) is 2.62. The number of benzene rings is 4. The molecule has 6 aromatic rings. The van der Waals surface area contributed by atoms with E-state index in [9.17, 15) is 14.4 Å². The summed E-state index contributed by atoms with van der Waals surface area (Å²) in [5, 5.41) is 10.00. The molecule has 1 atom stereocenters. The van der Waals surface area contributed by atoms with E-state index >= 15 is 0 Å². The topological polar surface area (TPSA) is 132 Å². The number of carbonyl (C=O) groups is 3. The number of urea groups is 1. The summed E-state index contributed by atoms with van der Waals surface area (Å²) in [6.45, 7) is 0. The number of methoxy groups -OCH3 is 2. The highest BCUT2D eigenvalue weighted by Crippen LogP contribution is 2.38. The number of carbonyl (C=O) groups excluding carboxylic acids is 3. The molecule has 0 saturated carbocycles. The first-order valence-corrected chi connectivity index (χ1v) is 15.9. The predicted octanol–water partition coefficient (Wildman–Crippen LogP) is 6.73. The quantitative estimate of drug-likeness (QED) is 0.103. The summed E-state index contributed by atoms with van der Waals surface area (Å²) < 4.78 is 10.2. The van der Waals surface area contributed by atoms with E-state index in [1.165, 1.54) is 20.4 Å². The zero-order valence-corrected chi connectivity index (χ0v) is 27.5. The number of anilines is 2. The maximum absolute atomic E-state index is 13.7. The van der Waals surface area contributed by atoms with E-state index in [0.717, 1.165) is 27.6 Å². The van der Waals surface area contributed by atoms with Gasteiger partial charge in [-0.05, 0) is 52.9 Å². The summed E-state index contributed by atoms with van der Waals surface area (Å²) >= 11 is 0. The van der Waals surface area contributed by atoms with Gasteiger partial charge in [0.2, 0.25) is 0 Å². The van der Waals surface area contributed by atoms with Gasteiger partial charge in [0.25, 0.3) is 0 Å². The SMILES string of the molecule is COC(=O)c1ncccc1NC(=O)Nc1ccc(CC(NC(c2ccccc2)(c2ccccc2)c2ccccc2)C(=O)OC)c2cccnc12. The van der Waals surface area contributed by atoms with Crippen molar-refractivity contribution >= 4 is 40.2 Å². The van der Waals surface area contributed by atoms with Crippen LogP contribution in [-0.2, 0) is 26.2 Å². The number of hydrogen-bond acceptors (Lipinski definition) is 8. The van der Waals surface area contributed by atoms with Crippen LogP contribution in [0.3, 0.4) is 0 Å². The third-order valence-corrected chi connectivity index (χ3v) is 8.46. The van der Waals surface area contributed by atoms with E-state index in [1.807, 2.05) is 103 Å². The van der Waals surface area contributed by atoms with Gasteiger partial charge in [0, 0.05) is 17.8 Å². The maximum atomic E-state index is 13.7. The first-order chi connectivity index (χ1) is 24.4. The number of rotatable bonds is 11. The van der Waals surface area contributed by atoms with Gasteiger partial charge in [-0.2, -0.15) is 0 Å². The number of esters is 2. The Morgan fingerprint density at radius 2 is 1.20 bits per heavy atom. The van der Waals surface area contributed by atoms with Gasteiger partial charge in [0.1, 0.15) is 6.04 Å². The number of pyridine rings is 2. The molecule has 10 heteroatoms. The fraction of sp³-hybridized carbons (Fsp3) is 0.125. The predicted molar refractivity (Wildman–Crippen MR) is 192 cm³/mol. The lowest BCUT2D eigenvalue weighted by Gasteiger charge is -2.39. The Morgan fingerprint density at radius 3 is 1.78 bits per heavy atom. The minimum Gasteiger partial charge on any atom is -0.468 e. The van der Waals surface area contributed by atoms with Crippen LogP contribution in [0.1, 0.15) is 32.7 Å². The minimum absolute atomic E-state index is 0.0255. The molecule has 0 aliphatic carbocycles. The van der Waals surface area contributed by atoms with Crippen molar-refractivity contribution in [1.82, 2.24) is 15.3 Å². The Bertz CT molecular complexity index is 2010. The largest absolute Gasteiger partial charge is 0.468 e. The summed E-state index contributed by atoms with van der Waals surface area (Å²) in [5.74, 6) is -1.12. The van der Waals surface area contributed by atoms with Gasteiger partial charge in [0.15, 0.2) is 5.69 Å². The number of nitrogens with zero attached hydrogens (tertiary/aromatic N) is 2. The highest BCUT2D eigenvalue weighted by Gasteiger charge is 2.40. The standard InChI is InChI=1S/C40H35N5O5/c1-49-37(46)34(45-40(28-14-6-3-7-15-28,29-16-8-4-9-17-29)30-18-10-5-11-19-30)26-27-22-23-33(35-31(27)20-12-24-41-35)44-39(48)43-32-21-13-25-42-36(32)38(47)50-2/h3-25,34,45H,26H2,1-2H3,(H2,43,44,48). The molecule has 0 radical (unpaired) electrons. The Balaban J connectivity index is 1.37. The van der Waals surface area contributed by atoms with E-state index in [2.05, 4.69) is 25.9 Å². The molecule has 1 unspecified atom stereocenters. The normalized spacial score (nSPS) is 11.7. The zero-order valence-electron chi connectivity index (χ0n) is 27.5. The Labute approximate surface area is 289 Å². The van der Waals surface area contributed by atoms with Gasteiger partial charge < -0.3 is 20.1 Å². The highest BCUT2D eigenvalue weighted by atomic mass is 16.5. The van der Waals surface area contributed by atoms with Crippen LogP contribution < -0.4 is 16.0 Å². The van der Waals surface area contributed by atoms with Crippen LogP contribution in [0.15, 0.2) is 140 Å². The monoisotopic (exact) mass is 665 g/mol. The molecule has 3 N–H and O–H groups in total. The van der Waals surface area contributed by atoms with Crippen molar-refractivity contribution < 1.29 is 23.9 Å². The summed E-state index contributed by atoms with van der Waals surface area (Å²) in [4.78, 5) is 47.6. The lowest BCUT2D eigenvalue weighted by molar-refractivity contribution is -0.143. The first kappa shape index (κ1) is 33.5. The molecule has 0 aliphatic rings. The van der Waals surface area contributed by atoms with Crippen LogP contribution in [0.5, 0.6) is 0 Å². The summed E-state index contributed by atoms with van der Waals surface area (Å²) in [6.07, 6.45) is 3.31. The smallest absolute Gasteiger partial charge is 0.358 e. The third kappa shape index (κ3) is 6.92. The third-order valence-electron chi connectivity index (χ3n) is 8.46. The Hall–Kier alpha value is -6.39. The number of nitrogens with one attached hydrogen (secondary N) is 3. The molecular weight excluding hydrogens is 630 g/mol. The van der Waals surface area contributed by atoms with Gasteiger partial charge in [-0.15, -0.1) is 0 Å². The Morgan fingerprint density at radius 1 is 0.640 bits per heavy atom. The molecule has 2 heterocycles. The van der Waals surface area contributed by atoms with Crippen molar-refractivity contribution in [3.05, 3.63) is 168 Å². The minimum atomic E-state index is -0.925. The van der Waals surface area contributed by atoms with Crippen LogP contribution in [0.4, 0.5) is 16.2 Å². The van der Waals surface area contributed by atoms with E-state index < -0.39 is 29.6 Å². The molecule has 10 nitrogen and oxygen atoms in total. The molecular formula is C40H35N5O5.